The maximum atomic E-state index is 13.6. The van der Waals surface area contributed by atoms with E-state index >= 15 is 0 Å². The van der Waals surface area contributed by atoms with Crippen molar-refractivity contribution in [2.75, 3.05) is 6.54 Å². The first-order valence-corrected chi connectivity index (χ1v) is 8.55. The van der Waals surface area contributed by atoms with Gasteiger partial charge in [-0.25, -0.2) is 14.4 Å². The van der Waals surface area contributed by atoms with Crippen molar-refractivity contribution in [3.8, 4) is 0 Å². The molecule has 6 heteroatoms. The minimum atomic E-state index is -0.244. The van der Waals surface area contributed by atoms with Crippen LogP contribution in [-0.2, 0) is 6.42 Å². The third-order valence-electron chi connectivity index (χ3n) is 3.93. The highest BCUT2D eigenvalue weighted by Crippen LogP contribution is 2.31. The molecule has 2 heterocycles. The number of carbonyl (C=O) groups excluding carboxylic acids is 1. The summed E-state index contributed by atoms with van der Waals surface area (Å²) in [5, 5.41) is 3.82. The third kappa shape index (κ3) is 3.14. The smallest absolute Gasteiger partial charge is 0.261 e. The molecule has 1 aromatic carbocycles. The van der Waals surface area contributed by atoms with Crippen LogP contribution in [0.25, 0.3) is 10.2 Å². The number of aryl methyl sites for hydroxylation is 3. The van der Waals surface area contributed by atoms with Gasteiger partial charge in [-0.3, -0.25) is 4.79 Å². The molecular weight excluding hydrogens is 325 g/mol. The van der Waals surface area contributed by atoms with Crippen LogP contribution in [-0.4, -0.2) is 22.4 Å². The number of halogens is 1. The summed E-state index contributed by atoms with van der Waals surface area (Å²) >= 11 is 1.37. The maximum absolute atomic E-state index is 13.6. The van der Waals surface area contributed by atoms with E-state index in [0.29, 0.717) is 29.2 Å². The monoisotopic (exact) mass is 343 g/mol. The number of nitrogens with one attached hydrogen (secondary N) is 1. The number of nitrogens with zero attached hydrogens (tertiary/aromatic N) is 2. The fourth-order valence-corrected chi connectivity index (χ4v) is 3.98. The first kappa shape index (κ1) is 16.5. The highest BCUT2D eigenvalue weighted by Gasteiger charge is 2.18. The molecular formula is C18H18FN3OS. The Hall–Kier alpha value is -2.34. The van der Waals surface area contributed by atoms with E-state index in [4.69, 9.17) is 0 Å². The van der Waals surface area contributed by atoms with E-state index in [0.717, 1.165) is 21.5 Å². The number of carbonyl (C=O) groups is 1. The predicted molar refractivity (Wildman–Crippen MR) is 94.1 cm³/mol. The van der Waals surface area contributed by atoms with Crippen LogP contribution in [0.1, 0.15) is 32.3 Å². The van der Waals surface area contributed by atoms with Crippen molar-refractivity contribution in [2.24, 2.45) is 0 Å². The number of amides is 1. The molecule has 0 spiro atoms. The van der Waals surface area contributed by atoms with Crippen LogP contribution >= 0.6 is 11.3 Å². The topological polar surface area (TPSA) is 54.9 Å². The summed E-state index contributed by atoms with van der Waals surface area (Å²) in [5.41, 5.74) is 2.38. The van der Waals surface area contributed by atoms with Gasteiger partial charge in [-0.2, -0.15) is 0 Å². The fourth-order valence-electron chi connectivity index (χ4n) is 2.78. The molecule has 0 aliphatic heterocycles. The fraction of sp³-hybridized carbons (Fsp3) is 0.278. The Labute approximate surface area is 143 Å². The normalized spacial score (nSPS) is 11.0. The Morgan fingerprint density at radius 2 is 1.96 bits per heavy atom. The average Bonchev–Trinajstić information content (AvgIpc) is 2.86. The molecule has 1 amide bonds. The van der Waals surface area contributed by atoms with Gasteiger partial charge in [-0.15, -0.1) is 11.3 Å². The summed E-state index contributed by atoms with van der Waals surface area (Å²) in [5.74, 6) is 0.308. The SMILES string of the molecule is Cc1nc(C)c2c(C)c(C(=O)NCCc3ccccc3F)sc2n1. The second kappa shape index (κ2) is 6.65. The minimum Gasteiger partial charge on any atom is -0.351 e. The Kier molecular flexibility index (Phi) is 4.57. The molecule has 0 bridgehead atoms. The van der Waals surface area contributed by atoms with Crippen LogP contribution in [0.15, 0.2) is 24.3 Å². The van der Waals surface area contributed by atoms with Crippen molar-refractivity contribution < 1.29 is 9.18 Å². The quantitative estimate of drug-likeness (QED) is 0.785. The van der Waals surface area contributed by atoms with Gasteiger partial charge in [0.25, 0.3) is 5.91 Å². The molecule has 0 aliphatic rings. The van der Waals surface area contributed by atoms with E-state index in [2.05, 4.69) is 15.3 Å². The summed E-state index contributed by atoms with van der Waals surface area (Å²) < 4.78 is 13.6. The Bertz CT molecular complexity index is 920. The largest absolute Gasteiger partial charge is 0.351 e. The molecule has 124 valence electrons. The van der Waals surface area contributed by atoms with Gasteiger partial charge in [0.1, 0.15) is 16.5 Å². The lowest BCUT2D eigenvalue weighted by Gasteiger charge is -2.05. The van der Waals surface area contributed by atoms with E-state index in [9.17, 15) is 9.18 Å². The van der Waals surface area contributed by atoms with Crippen molar-refractivity contribution in [3.05, 3.63) is 57.6 Å². The summed E-state index contributed by atoms with van der Waals surface area (Å²) in [6.45, 7) is 6.07. The highest BCUT2D eigenvalue weighted by molar-refractivity contribution is 7.20. The molecule has 3 aromatic rings. The average molecular weight is 343 g/mol. The molecule has 0 radical (unpaired) electrons. The van der Waals surface area contributed by atoms with E-state index in [1.54, 1.807) is 18.2 Å². The van der Waals surface area contributed by atoms with Crippen molar-refractivity contribution in [1.29, 1.82) is 0 Å². The van der Waals surface area contributed by atoms with E-state index in [1.165, 1.54) is 17.4 Å². The minimum absolute atomic E-state index is 0.149. The van der Waals surface area contributed by atoms with Crippen LogP contribution in [0.2, 0.25) is 0 Å². The van der Waals surface area contributed by atoms with Crippen molar-refractivity contribution >= 4 is 27.5 Å². The lowest BCUT2D eigenvalue weighted by Crippen LogP contribution is -2.25. The van der Waals surface area contributed by atoms with Gasteiger partial charge in [0.15, 0.2) is 0 Å². The number of thiophene rings is 1. The van der Waals surface area contributed by atoms with Crippen LogP contribution in [0.3, 0.4) is 0 Å². The molecule has 0 atom stereocenters. The summed E-state index contributed by atoms with van der Waals surface area (Å²) in [7, 11) is 0. The van der Waals surface area contributed by atoms with Gasteiger partial charge in [-0.05, 0) is 44.4 Å². The number of rotatable bonds is 4. The van der Waals surface area contributed by atoms with Gasteiger partial charge in [0.05, 0.1) is 4.88 Å². The molecule has 0 aliphatic carbocycles. The standard InChI is InChI=1S/C18H18FN3OS/c1-10-15-11(2)21-12(3)22-18(15)24-16(10)17(23)20-9-8-13-6-4-5-7-14(13)19/h4-7H,8-9H2,1-3H3,(H,20,23). The number of fused-ring (bicyclic) bond motifs is 1. The Balaban J connectivity index is 1.76. The molecule has 0 saturated carbocycles. The lowest BCUT2D eigenvalue weighted by atomic mass is 10.1. The number of benzene rings is 1. The molecule has 24 heavy (non-hydrogen) atoms. The molecule has 1 N–H and O–H groups in total. The number of hydrogen-bond donors (Lipinski definition) is 1. The molecule has 2 aromatic heterocycles. The molecule has 0 saturated heterocycles. The van der Waals surface area contributed by atoms with Crippen LogP contribution in [0, 0.1) is 26.6 Å². The van der Waals surface area contributed by atoms with Gasteiger partial charge < -0.3 is 5.32 Å². The van der Waals surface area contributed by atoms with E-state index in [-0.39, 0.29) is 11.7 Å². The van der Waals surface area contributed by atoms with Gasteiger partial charge >= 0.3 is 0 Å². The van der Waals surface area contributed by atoms with E-state index < -0.39 is 0 Å². The predicted octanol–water partition coefficient (Wildman–Crippen LogP) is 3.73. The van der Waals surface area contributed by atoms with E-state index in [1.807, 2.05) is 20.8 Å². The zero-order valence-electron chi connectivity index (χ0n) is 13.8. The first-order chi connectivity index (χ1) is 11.5. The summed E-state index contributed by atoms with van der Waals surface area (Å²) in [6.07, 6.45) is 0.459. The summed E-state index contributed by atoms with van der Waals surface area (Å²) in [4.78, 5) is 22.7. The number of hydrogen-bond acceptors (Lipinski definition) is 4. The summed E-state index contributed by atoms with van der Waals surface area (Å²) in [6, 6.07) is 6.61. The maximum Gasteiger partial charge on any atom is 0.261 e. The van der Waals surface area contributed by atoms with Crippen LogP contribution < -0.4 is 5.32 Å². The van der Waals surface area contributed by atoms with Crippen molar-refractivity contribution in [1.82, 2.24) is 15.3 Å². The molecule has 0 unspecified atom stereocenters. The Morgan fingerprint density at radius 1 is 1.21 bits per heavy atom. The second-order valence-electron chi connectivity index (χ2n) is 5.69. The van der Waals surface area contributed by atoms with Crippen LogP contribution in [0.4, 0.5) is 4.39 Å². The number of aromatic nitrogens is 2. The first-order valence-electron chi connectivity index (χ1n) is 7.73. The Morgan fingerprint density at radius 3 is 2.71 bits per heavy atom. The molecule has 3 rings (SSSR count). The van der Waals surface area contributed by atoms with Crippen LogP contribution in [0.5, 0.6) is 0 Å². The lowest BCUT2D eigenvalue weighted by molar-refractivity contribution is 0.0957. The third-order valence-corrected chi connectivity index (χ3v) is 5.11. The van der Waals surface area contributed by atoms with Crippen molar-refractivity contribution in [3.63, 3.8) is 0 Å². The molecule has 4 nitrogen and oxygen atoms in total. The second-order valence-corrected chi connectivity index (χ2v) is 6.69. The van der Waals surface area contributed by atoms with Gasteiger partial charge in [-0.1, -0.05) is 18.2 Å². The highest BCUT2D eigenvalue weighted by atomic mass is 32.1. The zero-order chi connectivity index (χ0) is 17.3. The zero-order valence-corrected chi connectivity index (χ0v) is 14.6. The molecule has 0 fully saturated rings. The van der Waals surface area contributed by atoms with Crippen molar-refractivity contribution in [2.45, 2.75) is 27.2 Å². The van der Waals surface area contributed by atoms with Gasteiger partial charge in [0, 0.05) is 17.6 Å². The van der Waals surface area contributed by atoms with Gasteiger partial charge in [0.2, 0.25) is 0 Å².